The summed E-state index contributed by atoms with van der Waals surface area (Å²) in [7, 11) is 3.69. The molecule has 2 aromatic carbocycles. The lowest BCUT2D eigenvalue weighted by atomic mass is 9.98. The van der Waals surface area contributed by atoms with Crippen LogP contribution in [0.2, 0.25) is 0 Å². The van der Waals surface area contributed by atoms with E-state index >= 15 is 0 Å². The highest BCUT2D eigenvalue weighted by molar-refractivity contribution is 5.83. The number of hydrogen-bond donors (Lipinski definition) is 3. The molecular formula is C26H33N3O5. The van der Waals surface area contributed by atoms with E-state index in [1.807, 2.05) is 43.3 Å². The largest absolute Gasteiger partial charge is 0.480 e. The van der Waals surface area contributed by atoms with E-state index in [2.05, 4.69) is 34.9 Å². The number of hydrogen-bond acceptors (Lipinski definition) is 5. The Balaban J connectivity index is 1.45. The van der Waals surface area contributed by atoms with Crippen molar-refractivity contribution in [2.75, 3.05) is 27.2 Å². The maximum Gasteiger partial charge on any atom is 0.407 e. The third kappa shape index (κ3) is 6.57. The van der Waals surface area contributed by atoms with Crippen molar-refractivity contribution in [3.63, 3.8) is 0 Å². The molecule has 0 aromatic heterocycles. The van der Waals surface area contributed by atoms with Crippen molar-refractivity contribution in [1.82, 2.24) is 15.5 Å². The standard InChI is InChI=1S/C26H33N3O5/c1-17(12-13-24(30)28-23(25(31)32)14-15-29(2)3)27-26(33)34-16-22-20-10-6-4-8-18(20)19-9-5-7-11-21(19)22/h4-11,17,22-23H,12-16H2,1-3H3,(H,27,33)(H,28,30)(H,31,32). The number of benzene rings is 2. The van der Waals surface area contributed by atoms with Crippen LogP contribution in [0, 0.1) is 0 Å². The van der Waals surface area contributed by atoms with Crippen LogP contribution in [0.3, 0.4) is 0 Å². The Kier molecular flexibility index (Phi) is 8.65. The fourth-order valence-electron chi connectivity index (χ4n) is 4.17. The summed E-state index contributed by atoms with van der Waals surface area (Å²) < 4.78 is 5.53. The van der Waals surface area contributed by atoms with Crippen LogP contribution < -0.4 is 10.6 Å². The number of carbonyl (C=O) groups is 3. The van der Waals surface area contributed by atoms with Gasteiger partial charge >= 0.3 is 12.1 Å². The summed E-state index contributed by atoms with van der Waals surface area (Å²) in [6, 6.07) is 15.0. The Morgan fingerprint density at radius 3 is 2.12 bits per heavy atom. The molecule has 2 amide bonds. The van der Waals surface area contributed by atoms with Gasteiger partial charge in [-0.15, -0.1) is 0 Å². The molecule has 2 unspecified atom stereocenters. The van der Waals surface area contributed by atoms with Gasteiger partial charge < -0.3 is 25.4 Å². The van der Waals surface area contributed by atoms with Crippen molar-refractivity contribution in [3.8, 4) is 11.1 Å². The second-order valence-electron chi connectivity index (χ2n) is 8.96. The number of ether oxygens (including phenoxy) is 1. The summed E-state index contributed by atoms with van der Waals surface area (Å²) in [5, 5.41) is 14.6. The third-order valence-electron chi connectivity index (χ3n) is 6.01. The van der Waals surface area contributed by atoms with Gasteiger partial charge in [0.05, 0.1) is 0 Å². The lowest BCUT2D eigenvalue weighted by Gasteiger charge is -2.19. The highest BCUT2D eigenvalue weighted by Gasteiger charge is 2.29. The average Bonchev–Trinajstić information content (AvgIpc) is 3.12. The molecule has 0 bridgehead atoms. The molecule has 3 rings (SSSR count). The minimum absolute atomic E-state index is 0.0191. The van der Waals surface area contributed by atoms with Crippen LogP contribution in [0.25, 0.3) is 11.1 Å². The second-order valence-corrected chi connectivity index (χ2v) is 8.96. The Hall–Kier alpha value is -3.39. The van der Waals surface area contributed by atoms with Crippen molar-refractivity contribution in [2.45, 2.75) is 44.2 Å². The van der Waals surface area contributed by atoms with Gasteiger partial charge in [-0.25, -0.2) is 9.59 Å². The van der Waals surface area contributed by atoms with Gasteiger partial charge in [-0.1, -0.05) is 48.5 Å². The predicted octanol–water partition coefficient (Wildman–Crippen LogP) is 3.21. The summed E-state index contributed by atoms with van der Waals surface area (Å²) in [6.45, 7) is 2.56. The maximum absolute atomic E-state index is 12.4. The Bertz CT molecular complexity index is 978. The number of nitrogens with zero attached hydrogens (tertiary/aromatic N) is 1. The maximum atomic E-state index is 12.4. The zero-order valence-corrected chi connectivity index (χ0v) is 19.9. The highest BCUT2D eigenvalue weighted by Crippen LogP contribution is 2.44. The first-order valence-electron chi connectivity index (χ1n) is 11.5. The molecule has 3 N–H and O–H groups in total. The van der Waals surface area contributed by atoms with Gasteiger partial charge in [-0.2, -0.15) is 0 Å². The molecule has 0 aliphatic heterocycles. The second kappa shape index (κ2) is 11.7. The van der Waals surface area contributed by atoms with E-state index in [-0.39, 0.29) is 30.9 Å². The topological polar surface area (TPSA) is 108 Å². The Labute approximate surface area is 200 Å². The zero-order valence-electron chi connectivity index (χ0n) is 19.9. The van der Waals surface area contributed by atoms with Crippen LogP contribution in [0.5, 0.6) is 0 Å². The van der Waals surface area contributed by atoms with Crippen LogP contribution in [0.4, 0.5) is 4.79 Å². The minimum Gasteiger partial charge on any atom is -0.480 e. The molecule has 2 atom stereocenters. The molecule has 8 heteroatoms. The summed E-state index contributed by atoms with van der Waals surface area (Å²) in [6.07, 6.45) is 0.262. The van der Waals surface area contributed by atoms with Gasteiger partial charge in [0.2, 0.25) is 5.91 Å². The van der Waals surface area contributed by atoms with Crippen molar-refractivity contribution in [1.29, 1.82) is 0 Å². The summed E-state index contributed by atoms with van der Waals surface area (Å²) in [5.41, 5.74) is 4.61. The van der Waals surface area contributed by atoms with Gasteiger partial charge in [-0.3, -0.25) is 4.79 Å². The van der Waals surface area contributed by atoms with E-state index in [4.69, 9.17) is 4.74 Å². The predicted molar refractivity (Wildman–Crippen MR) is 130 cm³/mol. The van der Waals surface area contributed by atoms with Gasteiger partial charge in [-0.05, 0) is 56.1 Å². The zero-order chi connectivity index (χ0) is 24.7. The molecule has 0 spiro atoms. The third-order valence-corrected chi connectivity index (χ3v) is 6.01. The smallest absolute Gasteiger partial charge is 0.407 e. The van der Waals surface area contributed by atoms with Crippen molar-refractivity contribution >= 4 is 18.0 Å². The number of carboxylic acids is 1. The van der Waals surface area contributed by atoms with Crippen LogP contribution >= 0.6 is 0 Å². The van der Waals surface area contributed by atoms with Crippen LogP contribution in [-0.4, -0.2) is 67.3 Å². The molecular weight excluding hydrogens is 434 g/mol. The Morgan fingerprint density at radius 2 is 1.56 bits per heavy atom. The SMILES string of the molecule is CC(CCC(=O)NC(CCN(C)C)C(=O)O)NC(=O)OCC1c2ccccc2-c2ccccc21. The van der Waals surface area contributed by atoms with Crippen molar-refractivity contribution < 1.29 is 24.2 Å². The fraction of sp³-hybridized carbons (Fsp3) is 0.423. The number of amides is 2. The molecule has 0 saturated carbocycles. The van der Waals surface area contributed by atoms with E-state index in [0.717, 1.165) is 22.3 Å². The van der Waals surface area contributed by atoms with Gasteiger partial charge in [0, 0.05) is 24.9 Å². The van der Waals surface area contributed by atoms with Gasteiger partial charge in [0.15, 0.2) is 0 Å². The monoisotopic (exact) mass is 467 g/mol. The quantitative estimate of drug-likeness (QED) is 0.468. The molecule has 0 heterocycles. The lowest BCUT2D eigenvalue weighted by molar-refractivity contribution is -0.142. The summed E-state index contributed by atoms with van der Waals surface area (Å²) in [5.74, 6) is -1.43. The van der Waals surface area contributed by atoms with Gasteiger partial charge in [0.1, 0.15) is 12.6 Å². The number of nitrogens with one attached hydrogen (secondary N) is 2. The first kappa shape index (κ1) is 25.2. The number of alkyl carbamates (subject to hydrolysis) is 1. The summed E-state index contributed by atoms with van der Waals surface area (Å²) >= 11 is 0. The molecule has 0 radical (unpaired) electrons. The first-order chi connectivity index (χ1) is 16.3. The average molecular weight is 468 g/mol. The molecule has 2 aromatic rings. The molecule has 1 aliphatic carbocycles. The first-order valence-corrected chi connectivity index (χ1v) is 11.5. The number of carboxylic acid groups (broad SMARTS) is 1. The number of aliphatic carboxylic acids is 1. The molecule has 1 aliphatic rings. The van der Waals surface area contributed by atoms with E-state index < -0.39 is 18.1 Å². The van der Waals surface area contributed by atoms with Crippen molar-refractivity contribution in [2.24, 2.45) is 0 Å². The van der Waals surface area contributed by atoms with E-state index in [9.17, 15) is 19.5 Å². The number of carbonyl (C=O) groups excluding carboxylic acids is 2. The lowest BCUT2D eigenvalue weighted by Crippen LogP contribution is -2.43. The fourth-order valence-corrected chi connectivity index (χ4v) is 4.17. The number of rotatable bonds is 11. The molecule has 0 saturated heterocycles. The van der Waals surface area contributed by atoms with Crippen molar-refractivity contribution in [3.05, 3.63) is 59.7 Å². The number of fused-ring (bicyclic) bond motifs is 3. The van der Waals surface area contributed by atoms with E-state index in [1.54, 1.807) is 6.92 Å². The Morgan fingerprint density at radius 1 is 0.971 bits per heavy atom. The van der Waals surface area contributed by atoms with Crippen LogP contribution in [0.1, 0.15) is 43.2 Å². The molecule has 0 fully saturated rings. The van der Waals surface area contributed by atoms with Gasteiger partial charge in [0.25, 0.3) is 0 Å². The molecule has 8 nitrogen and oxygen atoms in total. The molecule has 182 valence electrons. The van der Waals surface area contributed by atoms with Crippen LogP contribution in [-0.2, 0) is 14.3 Å². The van der Waals surface area contributed by atoms with E-state index in [1.165, 1.54) is 0 Å². The van der Waals surface area contributed by atoms with E-state index in [0.29, 0.717) is 19.4 Å². The highest BCUT2D eigenvalue weighted by atomic mass is 16.5. The normalized spacial score (nSPS) is 14.1. The minimum atomic E-state index is -1.06. The molecule has 34 heavy (non-hydrogen) atoms. The van der Waals surface area contributed by atoms with Crippen LogP contribution in [0.15, 0.2) is 48.5 Å². The summed E-state index contributed by atoms with van der Waals surface area (Å²) in [4.78, 5) is 37.8.